The Labute approximate surface area is 155 Å². The highest BCUT2D eigenvalue weighted by molar-refractivity contribution is 7.99. The molecule has 3 rings (SSSR count). The second-order valence-electron chi connectivity index (χ2n) is 5.85. The fourth-order valence-corrected chi connectivity index (χ4v) is 4.14. The minimum Gasteiger partial charge on any atom is -0.356 e. The number of hydrogen-bond donors (Lipinski definition) is 1. The molecule has 3 heterocycles. The summed E-state index contributed by atoms with van der Waals surface area (Å²) in [7, 11) is 0. The van der Waals surface area contributed by atoms with Crippen molar-refractivity contribution < 1.29 is 4.79 Å². The average Bonchev–Trinajstić information content (AvgIpc) is 3.08. The van der Waals surface area contributed by atoms with Gasteiger partial charge in [-0.2, -0.15) is 0 Å². The molecule has 0 unspecified atom stereocenters. The van der Waals surface area contributed by atoms with E-state index in [0.717, 1.165) is 41.8 Å². The molecule has 0 radical (unpaired) electrons. The predicted octanol–water partition coefficient (Wildman–Crippen LogP) is 3.00. The van der Waals surface area contributed by atoms with Gasteiger partial charge >= 0.3 is 0 Å². The first kappa shape index (κ1) is 18.1. The Morgan fingerprint density at radius 3 is 2.92 bits per heavy atom. The molecule has 1 N–H and O–H groups in total. The van der Waals surface area contributed by atoms with Gasteiger partial charge in [0, 0.05) is 25.6 Å². The van der Waals surface area contributed by atoms with E-state index in [1.54, 1.807) is 6.33 Å². The number of thioether (sulfide) groups is 1. The lowest BCUT2D eigenvalue weighted by Gasteiger charge is -2.27. The van der Waals surface area contributed by atoms with Crippen LogP contribution in [-0.2, 0) is 11.2 Å². The SMILES string of the molecule is CCCc1nnc(NC(=O)CSc2cc(N3CCCCC3)ncn2)s1. The molecule has 0 atom stereocenters. The highest BCUT2D eigenvalue weighted by atomic mass is 32.2. The standard InChI is InChI=1S/C16H22N6OS2/c1-2-6-14-20-21-16(25-14)19-13(23)10-24-15-9-12(17-11-18-15)22-7-4-3-5-8-22/h9,11H,2-8,10H2,1H3,(H,19,21,23). The number of aromatic nitrogens is 4. The van der Waals surface area contributed by atoms with Crippen molar-refractivity contribution in [2.75, 3.05) is 29.1 Å². The fourth-order valence-electron chi connectivity index (χ4n) is 2.62. The van der Waals surface area contributed by atoms with Gasteiger partial charge in [-0.25, -0.2) is 9.97 Å². The monoisotopic (exact) mass is 378 g/mol. The van der Waals surface area contributed by atoms with Crippen LogP contribution in [-0.4, -0.2) is 44.9 Å². The zero-order valence-electron chi connectivity index (χ0n) is 14.3. The molecule has 1 fully saturated rings. The van der Waals surface area contributed by atoms with E-state index < -0.39 is 0 Å². The lowest BCUT2D eigenvalue weighted by Crippen LogP contribution is -2.30. The van der Waals surface area contributed by atoms with Gasteiger partial charge in [0.15, 0.2) is 0 Å². The molecule has 2 aromatic rings. The number of amides is 1. The van der Waals surface area contributed by atoms with Crippen molar-refractivity contribution in [3.05, 3.63) is 17.4 Å². The summed E-state index contributed by atoms with van der Waals surface area (Å²) in [5.41, 5.74) is 0. The van der Waals surface area contributed by atoms with Gasteiger partial charge in [0.25, 0.3) is 0 Å². The van der Waals surface area contributed by atoms with Gasteiger partial charge < -0.3 is 4.90 Å². The second-order valence-corrected chi connectivity index (χ2v) is 7.91. The third kappa shape index (κ3) is 5.37. The lowest BCUT2D eigenvalue weighted by molar-refractivity contribution is -0.113. The summed E-state index contributed by atoms with van der Waals surface area (Å²) in [5, 5.41) is 13.2. The van der Waals surface area contributed by atoms with Gasteiger partial charge in [0.2, 0.25) is 11.0 Å². The third-order valence-electron chi connectivity index (χ3n) is 3.84. The van der Waals surface area contributed by atoms with Crippen molar-refractivity contribution in [1.82, 2.24) is 20.2 Å². The lowest BCUT2D eigenvalue weighted by atomic mass is 10.1. The Balaban J connectivity index is 1.51. The Morgan fingerprint density at radius 1 is 1.28 bits per heavy atom. The van der Waals surface area contributed by atoms with Crippen LogP contribution in [0.2, 0.25) is 0 Å². The van der Waals surface area contributed by atoms with Gasteiger partial charge in [-0.15, -0.1) is 10.2 Å². The summed E-state index contributed by atoms with van der Waals surface area (Å²) in [4.78, 5) is 23.0. The van der Waals surface area contributed by atoms with Crippen LogP contribution in [0.5, 0.6) is 0 Å². The zero-order chi connectivity index (χ0) is 17.5. The molecule has 1 aliphatic heterocycles. The highest BCUT2D eigenvalue weighted by Crippen LogP contribution is 2.23. The summed E-state index contributed by atoms with van der Waals surface area (Å²) >= 11 is 2.84. The predicted molar refractivity (Wildman–Crippen MR) is 101 cm³/mol. The smallest absolute Gasteiger partial charge is 0.236 e. The van der Waals surface area contributed by atoms with Crippen LogP contribution < -0.4 is 10.2 Å². The van der Waals surface area contributed by atoms with E-state index in [-0.39, 0.29) is 5.91 Å². The molecule has 0 aromatic carbocycles. The van der Waals surface area contributed by atoms with E-state index in [1.165, 1.54) is 42.4 Å². The molecule has 1 saturated heterocycles. The van der Waals surface area contributed by atoms with Crippen molar-refractivity contribution in [1.29, 1.82) is 0 Å². The quantitative estimate of drug-likeness (QED) is 0.585. The van der Waals surface area contributed by atoms with Crippen molar-refractivity contribution in [2.45, 2.75) is 44.1 Å². The second kappa shape index (κ2) is 9.10. The van der Waals surface area contributed by atoms with E-state index in [4.69, 9.17) is 0 Å². The molecular formula is C16H22N6OS2. The summed E-state index contributed by atoms with van der Waals surface area (Å²) in [6.07, 6.45) is 7.18. The molecule has 1 amide bonds. The first-order chi connectivity index (χ1) is 12.2. The number of hydrogen-bond acceptors (Lipinski definition) is 8. The highest BCUT2D eigenvalue weighted by Gasteiger charge is 2.14. The number of carbonyl (C=O) groups is 1. The minimum absolute atomic E-state index is 0.0951. The Hall–Kier alpha value is -1.74. The maximum Gasteiger partial charge on any atom is 0.236 e. The number of nitrogens with zero attached hydrogens (tertiary/aromatic N) is 5. The summed E-state index contributed by atoms with van der Waals surface area (Å²) < 4.78 is 0. The normalized spacial score (nSPS) is 14.5. The number of anilines is 2. The summed E-state index contributed by atoms with van der Waals surface area (Å²) in [5.74, 6) is 1.15. The van der Waals surface area contributed by atoms with Gasteiger partial charge in [-0.05, 0) is 25.7 Å². The summed E-state index contributed by atoms with van der Waals surface area (Å²) in [6.45, 7) is 4.17. The molecule has 0 spiro atoms. The van der Waals surface area contributed by atoms with Crippen LogP contribution in [0.25, 0.3) is 0 Å². The number of piperidine rings is 1. The van der Waals surface area contributed by atoms with Crippen LogP contribution in [0.4, 0.5) is 10.9 Å². The van der Waals surface area contributed by atoms with Crippen molar-refractivity contribution in [2.24, 2.45) is 0 Å². The molecule has 2 aromatic heterocycles. The van der Waals surface area contributed by atoms with Crippen molar-refractivity contribution in [3.63, 3.8) is 0 Å². The maximum atomic E-state index is 12.1. The van der Waals surface area contributed by atoms with Gasteiger partial charge in [0.1, 0.15) is 22.2 Å². The van der Waals surface area contributed by atoms with Gasteiger partial charge in [0.05, 0.1) is 5.75 Å². The van der Waals surface area contributed by atoms with E-state index >= 15 is 0 Å². The fraction of sp³-hybridized carbons (Fsp3) is 0.562. The van der Waals surface area contributed by atoms with Crippen LogP contribution >= 0.6 is 23.1 Å². The zero-order valence-corrected chi connectivity index (χ0v) is 15.9. The molecule has 25 heavy (non-hydrogen) atoms. The molecule has 0 aliphatic carbocycles. The third-order valence-corrected chi connectivity index (χ3v) is 5.66. The number of rotatable bonds is 7. The number of carbonyl (C=O) groups excluding carboxylic acids is 1. The average molecular weight is 379 g/mol. The maximum absolute atomic E-state index is 12.1. The Morgan fingerprint density at radius 2 is 2.12 bits per heavy atom. The van der Waals surface area contributed by atoms with Crippen LogP contribution in [0.1, 0.15) is 37.6 Å². The van der Waals surface area contributed by atoms with E-state index in [0.29, 0.717) is 10.9 Å². The first-order valence-corrected chi connectivity index (χ1v) is 10.4. The van der Waals surface area contributed by atoms with Crippen molar-refractivity contribution in [3.8, 4) is 0 Å². The molecule has 0 bridgehead atoms. The number of nitrogens with one attached hydrogen (secondary N) is 1. The molecular weight excluding hydrogens is 356 g/mol. The van der Waals surface area contributed by atoms with Crippen LogP contribution in [0, 0.1) is 0 Å². The largest absolute Gasteiger partial charge is 0.356 e. The van der Waals surface area contributed by atoms with Gasteiger partial charge in [-0.1, -0.05) is 30.0 Å². The molecule has 0 saturated carbocycles. The van der Waals surface area contributed by atoms with E-state index in [2.05, 4.69) is 37.3 Å². The van der Waals surface area contributed by atoms with E-state index in [1.807, 2.05) is 6.07 Å². The molecule has 134 valence electrons. The molecule has 7 nitrogen and oxygen atoms in total. The summed E-state index contributed by atoms with van der Waals surface area (Å²) in [6, 6.07) is 1.97. The molecule has 9 heteroatoms. The van der Waals surface area contributed by atoms with Crippen LogP contribution in [0.15, 0.2) is 17.4 Å². The van der Waals surface area contributed by atoms with Gasteiger partial charge in [-0.3, -0.25) is 10.1 Å². The Kier molecular flexibility index (Phi) is 6.57. The van der Waals surface area contributed by atoms with Crippen LogP contribution in [0.3, 0.4) is 0 Å². The Bertz CT molecular complexity index is 701. The minimum atomic E-state index is -0.0951. The molecule has 1 aliphatic rings. The van der Waals surface area contributed by atoms with Crippen molar-refractivity contribution >= 4 is 40.0 Å². The van der Waals surface area contributed by atoms with E-state index in [9.17, 15) is 4.79 Å². The first-order valence-electron chi connectivity index (χ1n) is 8.56. The topological polar surface area (TPSA) is 83.9 Å². The number of aryl methyl sites for hydroxylation is 1.